The molecule has 0 aromatic heterocycles. The third-order valence-corrected chi connectivity index (χ3v) is 7.29. The Labute approximate surface area is 135 Å². The maximum atomic E-state index is 10.5. The van der Waals surface area contributed by atoms with Crippen molar-refractivity contribution in [3.05, 3.63) is 24.3 Å². The molecule has 0 unspecified atom stereocenters. The molecule has 2 fully saturated rings. The Balaban J connectivity index is 1.99. The van der Waals surface area contributed by atoms with Crippen LogP contribution in [0, 0.1) is 28.1 Å². The van der Waals surface area contributed by atoms with Crippen molar-refractivity contribution >= 4 is 0 Å². The van der Waals surface area contributed by atoms with Crippen LogP contribution in [-0.4, -0.2) is 22.9 Å². The first-order chi connectivity index (χ1) is 10.3. The third kappa shape index (κ3) is 2.30. The van der Waals surface area contributed by atoms with Crippen LogP contribution in [0.15, 0.2) is 24.3 Å². The molecular formula is C20H32O2. The quantitative estimate of drug-likeness (QED) is 0.755. The first kappa shape index (κ1) is 16.3. The van der Waals surface area contributed by atoms with Crippen LogP contribution in [-0.2, 0) is 0 Å². The highest BCUT2D eigenvalue weighted by Crippen LogP contribution is 2.63. The predicted octanol–water partition coefficient (Wildman–Crippen LogP) is 4.08. The van der Waals surface area contributed by atoms with E-state index in [-0.39, 0.29) is 29.0 Å². The van der Waals surface area contributed by atoms with Crippen molar-refractivity contribution < 1.29 is 10.2 Å². The molecule has 0 radical (unpaired) electrons. The van der Waals surface area contributed by atoms with Gasteiger partial charge in [0.05, 0.1) is 6.10 Å². The molecule has 0 saturated heterocycles. The SMILES string of the molecule is C=C[C@@]1(C)C=C2CC[C@@H]3[C@@](C)(CO)C[C@@H](O)C[C@@]3(C)[C@@H]2CC1. The van der Waals surface area contributed by atoms with Gasteiger partial charge in [0.2, 0.25) is 0 Å². The lowest BCUT2D eigenvalue weighted by Crippen LogP contribution is -2.56. The van der Waals surface area contributed by atoms with E-state index >= 15 is 0 Å². The number of fused-ring (bicyclic) bond motifs is 3. The van der Waals surface area contributed by atoms with Gasteiger partial charge in [-0.1, -0.05) is 38.5 Å². The summed E-state index contributed by atoms with van der Waals surface area (Å²) in [6, 6.07) is 0. The second-order valence-corrected chi connectivity index (χ2v) is 8.99. The Morgan fingerprint density at radius 3 is 2.64 bits per heavy atom. The van der Waals surface area contributed by atoms with Crippen LogP contribution in [0.2, 0.25) is 0 Å². The van der Waals surface area contributed by atoms with Crippen molar-refractivity contribution in [3.63, 3.8) is 0 Å². The van der Waals surface area contributed by atoms with Crippen molar-refractivity contribution in [2.75, 3.05) is 6.61 Å². The Morgan fingerprint density at radius 2 is 2.00 bits per heavy atom. The zero-order chi connectivity index (χ0) is 16.2. The van der Waals surface area contributed by atoms with E-state index < -0.39 is 0 Å². The van der Waals surface area contributed by atoms with Gasteiger partial charge >= 0.3 is 0 Å². The van der Waals surface area contributed by atoms with Gasteiger partial charge in [-0.05, 0) is 61.2 Å². The number of hydrogen-bond donors (Lipinski definition) is 2. The standard InChI is InChI=1S/C20H32O2/c1-5-18(2)9-8-16-14(10-18)6-7-17-19(3,13-21)11-15(22)12-20(16,17)4/h5,10,15-17,21-22H,1,6-9,11-13H2,2-4H3/t15-,16-,17-,18-,19-,20+/m1/s1. The normalized spacial score (nSPS) is 51.5. The second kappa shape index (κ2) is 5.21. The molecule has 22 heavy (non-hydrogen) atoms. The minimum Gasteiger partial charge on any atom is -0.396 e. The smallest absolute Gasteiger partial charge is 0.0552 e. The van der Waals surface area contributed by atoms with E-state index in [2.05, 4.69) is 39.5 Å². The van der Waals surface area contributed by atoms with Gasteiger partial charge in [-0.15, -0.1) is 6.58 Å². The fraction of sp³-hybridized carbons (Fsp3) is 0.800. The van der Waals surface area contributed by atoms with Crippen molar-refractivity contribution in [1.82, 2.24) is 0 Å². The Bertz CT molecular complexity index is 496. The van der Waals surface area contributed by atoms with Crippen LogP contribution in [0.25, 0.3) is 0 Å². The molecule has 2 heteroatoms. The van der Waals surface area contributed by atoms with Gasteiger partial charge in [0, 0.05) is 12.0 Å². The lowest BCUT2D eigenvalue weighted by atomic mass is 9.45. The lowest BCUT2D eigenvalue weighted by Gasteiger charge is -2.60. The van der Waals surface area contributed by atoms with Gasteiger partial charge in [-0.3, -0.25) is 0 Å². The Kier molecular flexibility index (Phi) is 3.85. The fourth-order valence-corrected chi connectivity index (χ4v) is 6.15. The number of allylic oxidation sites excluding steroid dienone is 3. The fourth-order valence-electron chi connectivity index (χ4n) is 6.15. The Morgan fingerprint density at radius 1 is 1.27 bits per heavy atom. The van der Waals surface area contributed by atoms with Crippen LogP contribution in [0.4, 0.5) is 0 Å². The average molecular weight is 304 g/mol. The van der Waals surface area contributed by atoms with Crippen molar-refractivity contribution in [2.24, 2.45) is 28.1 Å². The maximum absolute atomic E-state index is 10.5. The van der Waals surface area contributed by atoms with E-state index in [9.17, 15) is 10.2 Å². The van der Waals surface area contributed by atoms with Gasteiger partial charge in [-0.2, -0.15) is 0 Å². The Hall–Kier alpha value is -0.600. The molecule has 2 N–H and O–H groups in total. The van der Waals surface area contributed by atoms with E-state index in [1.165, 1.54) is 6.42 Å². The summed E-state index contributed by atoms with van der Waals surface area (Å²) in [5.74, 6) is 1.09. The highest BCUT2D eigenvalue weighted by atomic mass is 16.3. The van der Waals surface area contributed by atoms with Crippen LogP contribution < -0.4 is 0 Å². The summed E-state index contributed by atoms with van der Waals surface area (Å²) in [5.41, 5.74) is 1.73. The van der Waals surface area contributed by atoms with Gasteiger partial charge in [0.25, 0.3) is 0 Å². The number of aliphatic hydroxyl groups is 2. The number of rotatable bonds is 2. The summed E-state index contributed by atoms with van der Waals surface area (Å²) in [7, 11) is 0. The number of hydrogen-bond acceptors (Lipinski definition) is 2. The maximum Gasteiger partial charge on any atom is 0.0552 e. The van der Waals surface area contributed by atoms with Gasteiger partial charge in [-0.25, -0.2) is 0 Å². The average Bonchev–Trinajstić information content (AvgIpc) is 2.45. The minimum absolute atomic E-state index is 0.127. The topological polar surface area (TPSA) is 40.5 Å². The third-order valence-electron chi connectivity index (χ3n) is 7.29. The van der Waals surface area contributed by atoms with E-state index in [0.717, 1.165) is 32.1 Å². The highest BCUT2D eigenvalue weighted by molar-refractivity contribution is 5.26. The summed E-state index contributed by atoms with van der Waals surface area (Å²) in [5, 5.41) is 20.5. The first-order valence-electron chi connectivity index (χ1n) is 8.90. The van der Waals surface area contributed by atoms with E-state index in [1.54, 1.807) is 5.57 Å². The molecule has 0 spiro atoms. The molecule has 2 nitrogen and oxygen atoms in total. The van der Waals surface area contributed by atoms with Crippen LogP contribution in [0.1, 0.15) is 59.3 Å². The molecule has 3 aliphatic carbocycles. The minimum atomic E-state index is -0.273. The van der Waals surface area contributed by atoms with E-state index in [0.29, 0.717) is 11.8 Å². The summed E-state index contributed by atoms with van der Waals surface area (Å²) >= 11 is 0. The molecule has 0 aromatic carbocycles. The monoisotopic (exact) mass is 304 g/mol. The van der Waals surface area contributed by atoms with Gasteiger partial charge < -0.3 is 10.2 Å². The van der Waals surface area contributed by atoms with Crippen molar-refractivity contribution in [1.29, 1.82) is 0 Å². The summed E-state index contributed by atoms with van der Waals surface area (Å²) < 4.78 is 0. The van der Waals surface area contributed by atoms with E-state index in [1.807, 2.05) is 0 Å². The molecule has 0 aromatic rings. The van der Waals surface area contributed by atoms with Crippen LogP contribution in [0.3, 0.4) is 0 Å². The zero-order valence-corrected chi connectivity index (χ0v) is 14.4. The summed E-state index contributed by atoms with van der Waals surface area (Å²) in [6.07, 6.45) is 10.6. The lowest BCUT2D eigenvalue weighted by molar-refractivity contribution is -0.131. The highest BCUT2D eigenvalue weighted by Gasteiger charge is 2.57. The van der Waals surface area contributed by atoms with Gasteiger partial charge in [0.15, 0.2) is 0 Å². The molecule has 0 bridgehead atoms. The van der Waals surface area contributed by atoms with E-state index in [4.69, 9.17) is 0 Å². The molecule has 0 amide bonds. The molecule has 3 rings (SSSR count). The molecular weight excluding hydrogens is 272 g/mol. The first-order valence-corrected chi connectivity index (χ1v) is 8.90. The molecule has 2 saturated carbocycles. The number of aliphatic hydroxyl groups excluding tert-OH is 2. The van der Waals surface area contributed by atoms with Crippen LogP contribution in [0.5, 0.6) is 0 Å². The van der Waals surface area contributed by atoms with Crippen molar-refractivity contribution in [3.8, 4) is 0 Å². The zero-order valence-electron chi connectivity index (χ0n) is 14.4. The predicted molar refractivity (Wildman–Crippen MR) is 90.4 cm³/mol. The summed E-state index contributed by atoms with van der Waals surface area (Å²) in [4.78, 5) is 0. The van der Waals surface area contributed by atoms with Gasteiger partial charge in [0.1, 0.15) is 0 Å². The molecule has 6 atom stereocenters. The summed E-state index contributed by atoms with van der Waals surface area (Å²) in [6.45, 7) is 11.1. The molecule has 3 aliphatic rings. The van der Waals surface area contributed by atoms with Crippen LogP contribution >= 0.6 is 0 Å². The molecule has 124 valence electrons. The molecule has 0 aliphatic heterocycles. The molecule has 0 heterocycles. The van der Waals surface area contributed by atoms with Crippen molar-refractivity contribution in [2.45, 2.75) is 65.4 Å². The second-order valence-electron chi connectivity index (χ2n) is 8.99. The largest absolute Gasteiger partial charge is 0.396 e.